The molecular formula is C14N6O2-2. The van der Waals surface area contributed by atoms with E-state index in [9.17, 15) is 9.59 Å². The number of ketones is 2. The van der Waals surface area contributed by atoms with Crippen LogP contribution in [-0.4, -0.2) is 23.3 Å². The highest BCUT2D eigenvalue weighted by molar-refractivity contribution is 6.42. The summed E-state index contributed by atoms with van der Waals surface area (Å²) in [4.78, 5) is 24.4. The minimum absolute atomic E-state index is 0.744. The molecule has 0 N–H and O–H groups in total. The summed E-state index contributed by atoms with van der Waals surface area (Å²) in [5.41, 5.74) is -4.76. The van der Waals surface area contributed by atoms with Crippen molar-refractivity contribution < 1.29 is 9.59 Å². The summed E-state index contributed by atoms with van der Waals surface area (Å²) in [5, 5.41) is 52.9. The average molecular weight is 284 g/mol. The van der Waals surface area contributed by atoms with E-state index in [1.165, 1.54) is 36.0 Å². The maximum atomic E-state index is 12.2. The van der Waals surface area contributed by atoms with Crippen molar-refractivity contribution in [2.24, 2.45) is 0 Å². The zero-order chi connectivity index (χ0) is 16.9. The summed E-state index contributed by atoms with van der Waals surface area (Å²) in [6.45, 7) is 0. The van der Waals surface area contributed by atoms with Gasteiger partial charge in [-0.15, -0.1) is 0 Å². The first-order valence-corrected chi connectivity index (χ1v) is 5.25. The van der Waals surface area contributed by atoms with Crippen LogP contribution in [0, 0.1) is 45.3 Å². The maximum absolute atomic E-state index is 12.2. The van der Waals surface area contributed by atoms with Crippen molar-refractivity contribution in [3.63, 3.8) is 0 Å². The van der Waals surface area contributed by atoms with Crippen LogP contribution in [0.2, 0.25) is 0 Å². The summed E-state index contributed by atoms with van der Waals surface area (Å²) >= 11 is 0. The highest BCUT2D eigenvalue weighted by Crippen LogP contribution is 2.33. The van der Waals surface area contributed by atoms with Crippen LogP contribution < -0.4 is 0 Å². The van der Waals surface area contributed by atoms with Crippen molar-refractivity contribution in [1.29, 1.82) is 21.0 Å². The molecule has 100 valence electrons. The van der Waals surface area contributed by atoms with Crippen LogP contribution in [0.4, 0.5) is 0 Å². The number of nitriles is 4. The first-order chi connectivity index (χ1) is 10.5. The molecule has 0 aromatic rings. The van der Waals surface area contributed by atoms with Crippen LogP contribution in [0.3, 0.4) is 0 Å². The molecule has 0 aliphatic heterocycles. The Hall–Kier alpha value is -4.32. The van der Waals surface area contributed by atoms with Crippen LogP contribution in [0.25, 0.3) is 10.8 Å². The Morgan fingerprint density at radius 2 is 1.09 bits per heavy atom. The Morgan fingerprint density at radius 1 is 0.727 bits per heavy atom. The van der Waals surface area contributed by atoms with Crippen LogP contribution in [0.5, 0.6) is 0 Å². The quantitative estimate of drug-likeness (QED) is 0.302. The molecule has 0 saturated carbocycles. The van der Waals surface area contributed by atoms with Crippen LogP contribution in [0.15, 0.2) is 33.4 Å². The van der Waals surface area contributed by atoms with E-state index in [0.29, 0.717) is 0 Å². The Morgan fingerprint density at radius 3 is 1.32 bits per heavy atom. The first kappa shape index (κ1) is 15.7. The summed E-state index contributed by atoms with van der Waals surface area (Å²) in [6, 6.07) is 5.45. The molecular weight excluding hydrogens is 284 g/mol. The predicted molar refractivity (Wildman–Crippen MR) is 70.3 cm³/mol. The van der Waals surface area contributed by atoms with Crippen molar-refractivity contribution in [3.8, 4) is 24.3 Å². The molecule has 1 aliphatic rings. The molecule has 0 bridgehead atoms. The predicted octanol–water partition coefficient (Wildman–Crippen LogP) is 0.157. The van der Waals surface area contributed by atoms with Gasteiger partial charge in [-0.25, -0.2) is 11.7 Å². The minimum Gasteiger partial charge on any atom is -0.762 e. The lowest BCUT2D eigenvalue weighted by Gasteiger charge is -2.00. The molecule has 1 rings (SSSR count). The molecule has 0 radical (unpaired) electrons. The fraction of sp³-hybridized carbons (Fsp3) is 0. The van der Waals surface area contributed by atoms with Gasteiger partial charge in [0, 0.05) is 0 Å². The summed E-state index contributed by atoms with van der Waals surface area (Å²) in [6.07, 6.45) is 0. The van der Waals surface area contributed by atoms with Gasteiger partial charge in [0.1, 0.15) is 29.8 Å². The fourth-order valence-corrected chi connectivity index (χ4v) is 1.69. The van der Waals surface area contributed by atoms with Crippen molar-refractivity contribution in [3.05, 3.63) is 44.3 Å². The van der Waals surface area contributed by atoms with Crippen molar-refractivity contribution >= 4 is 23.3 Å². The van der Waals surface area contributed by atoms with Gasteiger partial charge in [-0.3, -0.25) is 9.59 Å². The zero-order valence-electron chi connectivity index (χ0n) is 10.5. The van der Waals surface area contributed by atoms with Gasteiger partial charge in [-0.05, 0) is 0 Å². The Kier molecular flexibility index (Phi) is 4.45. The standard InChI is InChI=1S/C14N6O2/c15-1-7(2-16)10-11(8(3-17)4-18)14(22)12(13(10)21)9(5-19)6-20/q-2. The Labute approximate surface area is 123 Å². The first-order valence-electron chi connectivity index (χ1n) is 5.25. The van der Waals surface area contributed by atoms with Gasteiger partial charge in [0.05, 0.1) is 27.9 Å². The lowest BCUT2D eigenvalue weighted by atomic mass is 9.99. The number of Topliss-reactive ketones (excluding diaryl/α,β-unsaturated/α-hetero) is 2. The van der Waals surface area contributed by atoms with E-state index in [1.54, 1.807) is 0 Å². The second-order valence-electron chi connectivity index (χ2n) is 3.58. The van der Waals surface area contributed by atoms with Gasteiger partial charge in [0.2, 0.25) is 11.6 Å². The number of carbonyl (C=O) groups excluding carboxylic acids is 2. The van der Waals surface area contributed by atoms with Gasteiger partial charge in [0.15, 0.2) is 0 Å². The van der Waals surface area contributed by atoms with Crippen LogP contribution >= 0.6 is 0 Å². The van der Waals surface area contributed by atoms with E-state index in [0.717, 1.165) is 0 Å². The highest BCUT2D eigenvalue weighted by atomic mass is 16.2. The average Bonchev–Trinajstić information content (AvgIpc) is 2.77. The normalized spacial score (nSPS) is 12.3. The molecule has 0 amide bonds. The third-order valence-electron chi connectivity index (χ3n) is 2.58. The molecule has 8 heteroatoms. The van der Waals surface area contributed by atoms with Gasteiger partial charge in [-0.2, -0.15) is 21.0 Å². The second kappa shape index (κ2) is 6.22. The second-order valence-corrected chi connectivity index (χ2v) is 3.58. The summed E-state index contributed by atoms with van der Waals surface area (Å²) in [5.74, 6) is 0.336. The van der Waals surface area contributed by atoms with E-state index >= 15 is 0 Å². The van der Waals surface area contributed by atoms with E-state index in [2.05, 4.69) is 0 Å². The summed E-state index contributed by atoms with van der Waals surface area (Å²) < 4.78 is 0. The van der Waals surface area contributed by atoms with Crippen molar-refractivity contribution in [2.75, 3.05) is 0 Å². The highest BCUT2D eigenvalue weighted by Gasteiger charge is 2.41. The number of nitrogens with zero attached hydrogens (tertiary/aromatic N) is 6. The van der Waals surface area contributed by atoms with Gasteiger partial charge in [-0.1, -0.05) is 0 Å². The Balaban J connectivity index is 4.00. The number of allylic oxidation sites excluding steroid dienone is 6. The third-order valence-corrected chi connectivity index (χ3v) is 2.58. The summed E-state index contributed by atoms with van der Waals surface area (Å²) in [7, 11) is 0. The third kappa shape index (κ3) is 2.15. The fourth-order valence-electron chi connectivity index (χ4n) is 1.69. The van der Waals surface area contributed by atoms with E-state index in [-0.39, 0.29) is 0 Å². The smallest absolute Gasteiger partial charge is 0.201 e. The number of hydrogen-bond donors (Lipinski definition) is 0. The van der Waals surface area contributed by atoms with Crippen LogP contribution in [-0.2, 0) is 9.59 Å². The maximum Gasteiger partial charge on any atom is 0.201 e. The van der Waals surface area contributed by atoms with E-state index in [1.807, 2.05) is 0 Å². The lowest BCUT2D eigenvalue weighted by molar-refractivity contribution is -0.115. The SMILES string of the molecule is N#CC(=C=[N-])C1=C(C(=C=[N-])C#N)C(=O)C(=C(C#N)C#N)C1=O. The molecule has 0 spiro atoms. The van der Waals surface area contributed by atoms with Crippen molar-refractivity contribution in [1.82, 2.24) is 0 Å². The van der Waals surface area contributed by atoms with Gasteiger partial charge >= 0.3 is 0 Å². The molecule has 0 atom stereocenters. The largest absolute Gasteiger partial charge is 0.762 e. The molecule has 0 saturated heterocycles. The van der Waals surface area contributed by atoms with E-state index < -0.39 is 45.0 Å². The number of carbonyl (C=O) groups is 2. The topological polar surface area (TPSA) is 174 Å². The molecule has 0 aromatic heterocycles. The molecule has 0 unspecified atom stereocenters. The molecule has 0 heterocycles. The molecule has 8 nitrogen and oxygen atoms in total. The molecule has 0 fully saturated rings. The minimum atomic E-state index is -1.21. The number of rotatable bonds is 2. The number of hydrogen-bond acceptors (Lipinski definition) is 6. The zero-order valence-corrected chi connectivity index (χ0v) is 10.5. The lowest BCUT2D eigenvalue weighted by Crippen LogP contribution is -2.08. The van der Waals surface area contributed by atoms with Gasteiger partial charge in [0.25, 0.3) is 0 Å². The Bertz CT molecular complexity index is 877. The van der Waals surface area contributed by atoms with Crippen LogP contribution in [0.1, 0.15) is 0 Å². The van der Waals surface area contributed by atoms with Crippen molar-refractivity contribution in [2.45, 2.75) is 0 Å². The monoisotopic (exact) mass is 284 g/mol. The molecule has 1 aliphatic carbocycles. The van der Waals surface area contributed by atoms with E-state index in [4.69, 9.17) is 31.9 Å². The molecule has 0 aromatic carbocycles. The van der Waals surface area contributed by atoms with Gasteiger partial charge < -0.3 is 10.8 Å². The molecule has 22 heavy (non-hydrogen) atoms.